The largest absolute Gasteiger partial charge is 0.416 e. The number of hydrogen-bond donors (Lipinski definition) is 3. The molecular formula is C26H27F6N5. The molecule has 0 saturated heterocycles. The third-order valence-corrected chi connectivity index (χ3v) is 5.44. The van der Waals surface area contributed by atoms with Gasteiger partial charge in [-0.25, -0.2) is 9.97 Å². The maximum Gasteiger partial charge on any atom is 0.416 e. The number of unbranched alkanes of at least 4 members (excludes halogenated alkanes) is 1. The van der Waals surface area contributed by atoms with Crippen molar-refractivity contribution < 1.29 is 26.3 Å². The average Bonchev–Trinajstić information content (AvgIpc) is 2.83. The topological polar surface area (TPSA) is 75.9 Å². The summed E-state index contributed by atoms with van der Waals surface area (Å²) < 4.78 is 79.1. The number of alkyl halides is 6. The van der Waals surface area contributed by atoms with Gasteiger partial charge in [-0.05, 0) is 67.2 Å². The number of fused-ring (bicyclic) bond motifs is 1. The summed E-state index contributed by atoms with van der Waals surface area (Å²) in [6, 6.07) is 9.17. The maximum absolute atomic E-state index is 13.5. The molecular weight excluding hydrogens is 496 g/mol. The van der Waals surface area contributed by atoms with E-state index in [2.05, 4.69) is 27.5 Å². The van der Waals surface area contributed by atoms with E-state index in [0.29, 0.717) is 40.3 Å². The molecule has 4 N–H and O–H groups in total. The van der Waals surface area contributed by atoms with E-state index in [1.54, 1.807) is 12.1 Å². The number of nitrogens with two attached hydrogens (primary N) is 1. The van der Waals surface area contributed by atoms with Crippen LogP contribution in [0.15, 0.2) is 66.4 Å². The number of allylic oxidation sites excluding steroid dienone is 3. The highest BCUT2D eigenvalue weighted by Crippen LogP contribution is 2.32. The van der Waals surface area contributed by atoms with E-state index in [4.69, 9.17) is 5.73 Å². The zero-order chi connectivity index (χ0) is 27.1. The van der Waals surface area contributed by atoms with Crippen molar-refractivity contribution in [1.29, 1.82) is 0 Å². The van der Waals surface area contributed by atoms with Gasteiger partial charge < -0.3 is 16.4 Å². The van der Waals surface area contributed by atoms with Crippen LogP contribution in [-0.4, -0.2) is 22.7 Å². The lowest BCUT2D eigenvalue weighted by atomic mass is 10.0. The number of hydrogen-bond acceptors (Lipinski definition) is 5. The lowest BCUT2D eigenvalue weighted by Gasteiger charge is -2.15. The molecule has 5 nitrogen and oxygen atoms in total. The predicted molar refractivity (Wildman–Crippen MR) is 132 cm³/mol. The fourth-order valence-electron chi connectivity index (χ4n) is 3.53. The minimum absolute atomic E-state index is 0.316. The maximum atomic E-state index is 13.5. The van der Waals surface area contributed by atoms with Gasteiger partial charge in [-0.3, -0.25) is 0 Å². The van der Waals surface area contributed by atoms with E-state index in [9.17, 15) is 26.3 Å². The van der Waals surface area contributed by atoms with Crippen LogP contribution in [-0.2, 0) is 19.1 Å². The lowest BCUT2D eigenvalue weighted by molar-refractivity contribution is -0.137. The molecule has 0 aliphatic carbocycles. The Morgan fingerprint density at radius 3 is 2.35 bits per heavy atom. The van der Waals surface area contributed by atoms with Crippen molar-refractivity contribution in [2.75, 3.05) is 11.9 Å². The average molecular weight is 524 g/mol. The van der Waals surface area contributed by atoms with Crippen molar-refractivity contribution in [3.05, 3.63) is 83.3 Å². The highest BCUT2D eigenvalue weighted by atomic mass is 19.4. The number of rotatable bonds is 10. The first-order chi connectivity index (χ1) is 17.5. The van der Waals surface area contributed by atoms with Gasteiger partial charge in [-0.1, -0.05) is 25.5 Å². The van der Waals surface area contributed by atoms with Gasteiger partial charge in [-0.2, -0.15) is 26.3 Å². The Labute approximate surface area is 210 Å². The summed E-state index contributed by atoms with van der Waals surface area (Å²) in [5.74, 6) is 0.731. The van der Waals surface area contributed by atoms with Crippen molar-refractivity contribution in [2.45, 2.75) is 45.1 Å². The highest BCUT2D eigenvalue weighted by Gasteiger charge is 2.33. The Kier molecular flexibility index (Phi) is 9.14. The second-order valence-electron chi connectivity index (χ2n) is 8.32. The van der Waals surface area contributed by atoms with Crippen LogP contribution >= 0.6 is 0 Å². The summed E-state index contributed by atoms with van der Waals surface area (Å²) in [6.07, 6.45) is -4.39. The molecule has 0 unspecified atom stereocenters. The molecule has 0 spiro atoms. The van der Waals surface area contributed by atoms with Crippen molar-refractivity contribution in [2.24, 2.45) is 5.73 Å². The number of nitrogens with one attached hydrogen (secondary N) is 2. The zero-order valence-electron chi connectivity index (χ0n) is 20.0. The quantitative estimate of drug-likeness (QED) is 0.155. The molecule has 0 fully saturated rings. The Morgan fingerprint density at radius 2 is 1.73 bits per heavy atom. The van der Waals surface area contributed by atoms with Gasteiger partial charge in [-0.15, -0.1) is 0 Å². The Hall–Kier alpha value is -3.60. The van der Waals surface area contributed by atoms with Gasteiger partial charge in [0.25, 0.3) is 0 Å². The van der Waals surface area contributed by atoms with Gasteiger partial charge >= 0.3 is 12.4 Å². The minimum Gasteiger partial charge on any atom is -0.405 e. The highest BCUT2D eigenvalue weighted by molar-refractivity contribution is 5.91. The SMILES string of the molecule is CCCCNCc1nc(Nc2ccc(C(F)(F)F)cc2)c2ccc(C/C(=C\C=C/N)C(F)(F)F)cc2n1. The van der Waals surface area contributed by atoms with Gasteiger partial charge in [0, 0.05) is 23.1 Å². The monoisotopic (exact) mass is 523 g/mol. The van der Waals surface area contributed by atoms with Crippen LogP contribution in [0.4, 0.5) is 37.8 Å². The van der Waals surface area contributed by atoms with Crippen LogP contribution in [0.5, 0.6) is 0 Å². The summed E-state index contributed by atoms with van der Waals surface area (Å²) in [7, 11) is 0. The van der Waals surface area contributed by atoms with E-state index in [1.165, 1.54) is 18.2 Å². The lowest BCUT2D eigenvalue weighted by Crippen LogP contribution is -2.17. The molecule has 2 aromatic carbocycles. The van der Waals surface area contributed by atoms with Crippen molar-refractivity contribution in [3.63, 3.8) is 0 Å². The molecule has 1 aromatic heterocycles. The molecule has 1 heterocycles. The number of benzene rings is 2. The van der Waals surface area contributed by atoms with Crippen LogP contribution in [0.1, 0.15) is 36.7 Å². The van der Waals surface area contributed by atoms with Crippen molar-refractivity contribution in [1.82, 2.24) is 15.3 Å². The Balaban J connectivity index is 1.98. The normalized spacial score (nSPS) is 13.0. The van der Waals surface area contributed by atoms with Gasteiger partial charge in [0.1, 0.15) is 11.6 Å². The summed E-state index contributed by atoms with van der Waals surface area (Å²) in [4.78, 5) is 9.03. The van der Waals surface area contributed by atoms with Gasteiger partial charge in [0.15, 0.2) is 0 Å². The molecule has 0 saturated carbocycles. The van der Waals surface area contributed by atoms with Crippen LogP contribution in [0.3, 0.4) is 0 Å². The van der Waals surface area contributed by atoms with E-state index in [1.807, 2.05) is 0 Å². The number of halogens is 6. The molecule has 37 heavy (non-hydrogen) atoms. The molecule has 0 aliphatic heterocycles. The molecule has 0 bridgehead atoms. The molecule has 0 atom stereocenters. The van der Waals surface area contributed by atoms with E-state index in [0.717, 1.165) is 49.9 Å². The molecule has 11 heteroatoms. The second kappa shape index (κ2) is 12.1. The van der Waals surface area contributed by atoms with E-state index < -0.39 is 23.5 Å². The summed E-state index contributed by atoms with van der Waals surface area (Å²) in [5.41, 5.74) is 4.80. The smallest absolute Gasteiger partial charge is 0.405 e. The van der Waals surface area contributed by atoms with E-state index in [-0.39, 0.29) is 6.42 Å². The molecule has 3 aromatic rings. The van der Waals surface area contributed by atoms with Crippen LogP contribution < -0.4 is 16.4 Å². The van der Waals surface area contributed by atoms with Crippen LogP contribution in [0.25, 0.3) is 10.9 Å². The number of nitrogens with zero attached hydrogens (tertiary/aromatic N) is 2. The molecule has 3 rings (SSSR count). The third kappa shape index (κ3) is 7.94. The molecule has 0 amide bonds. The first kappa shape index (κ1) is 28.0. The molecule has 0 aliphatic rings. The fourth-order valence-corrected chi connectivity index (χ4v) is 3.53. The van der Waals surface area contributed by atoms with Crippen molar-refractivity contribution in [3.8, 4) is 0 Å². The fraction of sp³-hybridized carbons (Fsp3) is 0.308. The van der Waals surface area contributed by atoms with Gasteiger partial charge in [0.2, 0.25) is 0 Å². The number of anilines is 2. The summed E-state index contributed by atoms with van der Waals surface area (Å²) in [5, 5.41) is 6.75. The zero-order valence-corrected chi connectivity index (χ0v) is 20.0. The summed E-state index contributed by atoms with van der Waals surface area (Å²) >= 11 is 0. The first-order valence-corrected chi connectivity index (χ1v) is 11.6. The summed E-state index contributed by atoms with van der Waals surface area (Å²) in [6.45, 7) is 3.10. The molecule has 198 valence electrons. The van der Waals surface area contributed by atoms with Crippen molar-refractivity contribution >= 4 is 22.4 Å². The minimum atomic E-state index is -4.54. The van der Waals surface area contributed by atoms with Crippen LogP contribution in [0, 0.1) is 0 Å². The Bertz CT molecular complexity index is 1250. The second-order valence-corrected chi connectivity index (χ2v) is 8.32. The van der Waals surface area contributed by atoms with Crippen LogP contribution in [0.2, 0.25) is 0 Å². The van der Waals surface area contributed by atoms with E-state index >= 15 is 0 Å². The third-order valence-electron chi connectivity index (χ3n) is 5.44. The Morgan fingerprint density at radius 1 is 1.00 bits per heavy atom. The standard InChI is InChI=1S/C26H27F6N5/c1-2-3-13-34-16-23-36-22-15-17(14-19(5-4-12-33)26(30,31)32)6-11-21(22)24(37-23)35-20-9-7-18(8-10-20)25(27,28)29/h4-12,15,34H,2-3,13-14,16,33H2,1H3,(H,35,36,37)/b12-4-,19-5+. The number of aromatic nitrogens is 2. The van der Waals surface area contributed by atoms with Gasteiger partial charge in [0.05, 0.1) is 17.6 Å². The predicted octanol–water partition coefficient (Wildman–Crippen LogP) is 6.79. The first-order valence-electron chi connectivity index (χ1n) is 11.6. The molecule has 0 radical (unpaired) electrons.